The van der Waals surface area contributed by atoms with Crippen molar-refractivity contribution in [2.75, 3.05) is 38.6 Å². The molecule has 1 unspecified atom stereocenters. The van der Waals surface area contributed by atoms with E-state index in [4.69, 9.17) is 0 Å². The minimum Gasteiger partial charge on any atom is -0.367 e. The van der Waals surface area contributed by atoms with Gasteiger partial charge in [-0.15, -0.1) is 0 Å². The van der Waals surface area contributed by atoms with Gasteiger partial charge in [0.25, 0.3) is 0 Å². The topological polar surface area (TPSA) is 18.5 Å². The molecule has 1 heterocycles. The Morgan fingerprint density at radius 2 is 2.00 bits per heavy atom. The molecular formula is C17H29N3. The van der Waals surface area contributed by atoms with Crippen LogP contribution in [0.1, 0.15) is 31.7 Å². The molecule has 20 heavy (non-hydrogen) atoms. The van der Waals surface area contributed by atoms with Crippen LogP contribution in [-0.4, -0.2) is 44.7 Å². The molecule has 0 radical (unpaired) electrons. The molecule has 1 atom stereocenters. The van der Waals surface area contributed by atoms with Gasteiger partial charge in [-0.2, -0.15) is 0 Å². The first-order chi connectivity index (χ1) is 9.70. The average molecular weight is 275 g/mol. The van der Waals surface area contributed by atoms with E-state index in [1.807, 2.05) is 0 Å². The molecule has 1 N–H and O–H groups in total. The Hall–Kier alpha value is -1.06. The summed E-state index contributed by atoms with van der Waals surface area (Å²) in [5, 5.41) is 3.45. The molecule has 1 aromatic carbocycles. The Balaban J connectivity index is 1.94. The van der Waals surface area contributed by atoms with Gasteiger partial charge < -0.3 is 15.1 Å². The number of likely N-dealkylation sites (N-methyl/N-ethyl adjacent to an activating group) is 1. The van der Waals surface area contributed by atoms with E-state index in [1.54, 1.807) is 0 Å². The van der Waals surface area contributed by atoms with Gasteiger partial charge in [-0.3, -0.25) is 0 Å². The van der Waals surface area contributed by atoms with Crippen LogP contribution in [0.5, 0.6) is 0 Å². The van der Waals surface area contributed by atoms with Gasteiger partial charge in [0.15, 0.2) is 0 Å². The van der Waals surface area contributed by atoms with Crippen LogP contribution in [0.25, 0.3) is 0 Å². The summed E-state index contributed by atoms with van der Waals surface area (Å²) < 4.78 is 0. The number of anilines is 1. The van der Waals surface area contributed by atoms with Gasteiger partial charge in [0.2, 0.25) is 0 Å². The quantitative estimate of drug-likeness (QED) is 0.772. The molecule has 0 aromatic heterocycles. The van der Waals surface area contributed by atoms with E-state index < -0.39 is 0 Å². The summed E-state index contributed by atoms with van der Waals surface area (Å²) in [7, 11) is 4.33. The van der Waals surface area contributed by atoms with Crippen molar-refractivity contribution in [2.24, 2.45) is 0 Å². The van der Waals surface area contributed by atoms with E-state index in [2.05, 4.69) is 60.4 Å². The molecule has 0 spiro atoms. The highest BCUT2D eigenvalue weighted by Gasteiger charge is 2.24. The average Bonchev–Trinajstić information content (AvgIpc) is 2.87. The van der Waals surface area contributed by atoms with Crippen LogP contribution < -0.4 is 10.2 Å². The molecule has 1 aromatic rings. The standard InChI is InChI=1S/C17H29N3/c1-4-11-18-13-15-7-9-16(10-8-15)20-12-5-6-17(20)14-19(2)3/h7-10,17-18H,4-6,11-14H2,1-3H3. The van der Waals surface area contributed by atoms with E-state index in [0.29, 0.717) is 6.04 Å². The van der Waals surface area contributed by atoms with Crippen LogP contribution in [0.15, 0.2) is 24.3 Å². The summed E-state index contributed by atoms with van der Waals surface area (Å²) in [6.45, 7) is 6.63. The monoisotopic (exact) mass is 275 g/mol. The maximum atomic E-state index is 3.45. The molecule has 3 nitrogen and oxygen atoms in total. The number of hydrogen-bond donors (Lipinski definition) is 1. The maximum absolute atomic E-state index is 3.45. The fourth-order valence-corrected chi connectivity index (χ4v) is 3.00. The molecule has 0 saturated carbocycles. The predicted octanol–water partition coefficient (Wildman–Crippen LogP) is 2.72. The number of nitrogens with zero attached hydrogens (tertiary/aromatic N) is 2. The van der Waals surface area contributed by atoms with Crippen molar-refractivity contribution < 1.29 is 0 Å². The minimum absolute atomic E-state index is 0.675. The summed E-state index contributed by atoms with van der Waals surface area (Å²) in [6.07, 6.45) is 3.83. The molecule has 112 valence electrons. The van der Waals surface area contributed by atoms with Crippen molar-refractivity contribution in [1.82, 2.24) is 10.2 Å². The van der Waals surface area contributed by atoms with E-state index >= 15 is 0 Å². The first-order valence-corrected chi connectivity index (χ1v) is 7.91. The van der Waals surface area contributed by atoms with Crippen LogP contribution in [0.3, 0.4) is 0 Å². The van der Waals surface area contributed by atoms with E-state index in [9.17, 15) is 0 Å². The molecule has 1 aliphatic heterocycles. The third kappa shape index (κ3) is 4.22. The van der Waals surface area contributed by atoms with E-state index in [-0.39, 0.29) is 0 Å². The number of hydrogen-bond acceptors (Lipinski definition) is 3. The Labute approximate surface area is 124 Å². The first-order valence-electron chi connectivity index (χ1n) is 7.91. The molecule has 0 amide bonds. The smallest absolute Gasteiger partial charge is 0.0417 e. The molecule has 1 fully saturated rings. The zero-order valence-electron chi connectivity index (χ0n) is 13.2. The number of rotatable bonds is 7. The lowest BCUT2D eigenvalue weighted by atomic mass is 10.1. The first kappa shape index (κ1) is 15.3. The minimum atomic E-state index is 0.675. The van der Waals surface area contributed by atoms with Gasteiger partial charge >= 0.3 is 0 Å². The van der Waals surface area contributed by atoms with Gasteiger partial charge in [-0.25, -0.2) is 0 Å². The highest BCUT2D eigenvalue weighted by molar-refractivity contribution is 5.49. The normalized spacial score (nSPS) is 19.0. The summed E-state index contributed by atoms with van der Waals surface area (Å²) in [5.74, 6) is 0. The lowest BCUT2D eigenvalue weighted by molar-refractivity contribution is 0.372. The van der Waals surface area contributed by atoms with Gasteiger partial charge in [0, 0.05) is 31.4 Å². The van der Waals surface area contributed by atoms with Crippen LogP contribution in [0.2, 0.25) is 0 Å². The van der Waals surface area contributed by atoms with Crippen LogP contribution in [-0.2, 0) is 6.54 Å². The Morgan fingerprint density at radius 3 is 2.65 bits per heavy atom. The second kappa shape index (κ2) is 7.65. The molecule has 0 aliphatic carbocycles. The summed E-state index contributed by atoms with van der Waals surface area (Å²) in [6, 6.07) is 9.79. The third-order valence-corrected chi connectivity index (χ3v) is 3.98. The molecule has 2 rings (SSSR count). The molecule has 3 heteroatoms. The summed E-state index contributed by atoms with van der Waals surface area (Å²) in [5.41, 5.74) is 2.76. The lowest BCUT2D eigenvalue weighted by Gasteiger charge is -2.29. The van der Waals surface area contributed by atoms with Gasteiger partial charge in [-0.05, 0) is 57.6 Å². The van der Waals surface area contributed by atoms with Crippen molar-refractivity contribution >= 4 is 5.69 Å². The highest BCUT2D eigenvalue weighted by atomic mass is 15.2. The zero-order chi connectivity index (χ0) is 14.4. The SMILES string of the molecule is CCCNCc1ccc(N2CCCC2CN(C)C)cc1. The zero-order valence-corrected chi connectivity index (χ0v) is 13.2. The lowest BCUT2D eigenvalue weighted by Crippen LogP contribution is -2.37. The Kier molecular flexibility index (Phi) is 5.86. The van der Waals surface area contributed by atoms with Crippen LogP contribution >= 0.6 is 0 Å². The Morgan fingerprint density at radius 1 is 1.25 bits per heavy atom. The van der Waals surface area contributed by atoms with Gasteiger partial charge in [0.05, 0.1) is 0 Å². The fourth-order valence-electron chi connectivity index (χ4n) is 3.00. The van der Waals surface area contributed by atoms with E-state index in [1.165, 1.54) is 37.1 Å². The van der Waals surface area contributed by atoms with Gasteiger partial charge in [-0.1, -0.05) is 19.1 Å². The Bertz CT molecular complexity index is 386. The number of benzene rings is 1. The molecule has 1 saturated heterocycles. The third-order valence-electron chi connectivity index (χ3n) is 3.98. The van der Waals surface area contributed by atoms with Crippen molar-refractivity contribution in [3.63, 3.8) is 0 Å². The predicted molar refractivity (Wildman–Crippen MR) is 87.4 cm³/mol. The maximum Gasteiger partial charge on any atom is 0.0417 e. The van der Waals surface area contributed by atoms with Crippen LogP contribution in [0.4, 0.5) is 5.69 Å². The van der Waals surface area contributed by atoms with Crippen LogP contribution in [0, 0.1) is 0 Å². The number of nitrogens with one attached hydrogen (secondary N) is 1. The summed E-state index contributed by atoms with van der Waals surface area (Å²) >= 11 is 0. The molecule has 1 aliphatic rings. The second-order valence-electron chi connectivity index (χ2n) is 6.09. The van der Waals surface area contributed by atoms with Crippen molar-refractivity contribution in [1.29, 1.82) is 0 Å². The van der Waals surface area contributed by atoms with Crippen molar-refractivity contribution in [3.05, 3.63) is 29.8 Å². The molecular weight excluding hydrogens is 246 g/mol. The fraction of sp³-hybridized carbons (Fsp3) is 0.647. The summed E-state index contributed by atoms with van der Waals surface area (Å²) in [4.78, 5) is 4.87. The highest BCUT2D eigenvalue weighted by Crippen LogP contribution is 2.26. The molecule has 0 bridgehead atoms. The second-order valence-corrected chi connectivity index (χ2v) is 6.09. The van der Waals surface area contributed by atoms with Gasteiger partial charge in [0.1, 0.15) is 0 Å². The van der Waals surface area contributed by atoms with Crippen molar-refractivity contribution in [3.8, 4) is 0 Å². The largest absolute Gasteiger partial charge is 0.367 e. The van der Waals surface area contributed by atoms with Crippen molar-refractivity contribution in [2.45, 2.75) is 38.8 Å². The van der Waals surface area contributed by atoms with E-state index in [0.717, 1.165) is 19.6 Å².